The molecule has 0 radical (unpaired) electrons. The Bertz CT molecular complexity index is 577. The van der Waals surface area contributed by atoms with Crippen LogP contribution in [0.3, 0.4) is 0 Å². The third-order valence-electron chi connectivity index (χ3n) is 4.39. The highest BCUT2D eigenvalue weighted by molar-refractivity contribution is 6.32. The highest BCUT2D eigenvalue weighted by atomic mass is 35.5. The van der Waals surface area contributed by atoms with Crippen LogP contribution in [0.25, 0.3) is 0 Å². The molecule has 0 N–H and O–H groups in total. The van der Waals surface area contributed by atoms with Crippen LogP contribution < -0.4 is 4.74 Å². The first kappa shape index (κ1) is 16.3. The first-order chi connectivity index (χ1) is 11.1. The highest BCUT2D eigenvalue weighted by Gasteiger charge is 2.29. The van der Waals surface area contributed by atoms with E-state index in [0.717, 1.165) is 25.9 Å². The van der Waals surface area contributed by atoms with Crippen LogP contribution in [-0.2, 0) is 9.59 Å². The zero-order valence-electron chi connectivity index (χ0n) is 13.0. The molecular formula is C17H21ClN2O3. The molecule has 2 amide bonds. The number of nitrogens with zero attached hydrogens (tertiary/aromatic N) is 2. The molecule has 1 aromatic carbocycles. The van der Waals surface area contributed by atoms with E-state index in [1.807, 2.05) is 24.3 Å². The van der Waals surface area contributed by atoms with Gasteiger partial charge in [0.05, 0.1) is 5.02 Å². The zero-order chi connectivity index (χ0) is 16.2. The Hall–Kier alpha value is -1.59. The fourth-order valence-corrected chi connectivity index (χ4v) is 3.33. The molecule has 2 aliphatic heterocycles. The van der Waals surface area contributed by atoms with Crippen molar-refractivity contribution >= 4 is 23.4 Å². The average molecular weight is 337 g/mol. The van der Waals surface area contributed by atoms with Gasteiger partial charge in [-0.05, 0) is 31.5 Å². The van der Waals surface area contributed by atoms with Gasteiger partial charge in [0.1, 0.15) is 11.9 Å². The van der Waals surface area contributed by atoms with Crippen LogP contribution in [0.5, 0.6) is 5.75 Å². The van der Waals surface area contributed by atoms with Gasteiger partial charge in [0.15, 0.2) is 0 Å². The van der Waals surface area contributed by atoms with E-state index in [1.54, 1.807) is 0 Å². The normalized spacial score (nSPS) is 22.7. The summed E-state index contributed by atoms with van der Waals surface area (Å²) < 4.78 is 6.01. The van der Waals surface area contributed by atoms with Gasteiger partial charge in [-0.15, -0.1) is 0 Å². The van der Waals surface area contributed by atoms with Gasteiger partial charge in [-0.1, -0.05) is 23.7 Å². The Morgan fingerprint density at radius 2 is 1.87 bits per heavy atom. The van der Waals surface area contributed by atoms with Crippen molar-refractivity contribution in [3.8, 4) is 5.75 Å². The summed E-state index contributed by atoms with van der Waals surface area (Å²) in [6.45, 7) is 2.95. The minimum Gasteiger partial charge on any atom is -0.488 e. The van der Waals surface area contributed by atoms with E-state index in [4.69, 9.17) is 16.3 Å². The number of imide groups is 1. The summed E-state index contributed by atoms with van der Waals surface area (Å²) in [7, 11) is 0. The third kappa shape index (κ3) is 4.03. The Labute approximate surface area is 141 Å². The molecule has 1 unspecified atom stereocenters. The van der Waals surface area contributed by atoms with Crippen LogP contribution in [0.4, 0.5) is 0 Å². The van der Waals surface area contributed by atoms with Crippen molar-refractivity contribution in [2.75, 3.05) is 26.2 Å². The number of rotatable bonds is 5. The summed E-state index contributed by atoms with van der Waals surface area (Å²) in [5.74, 6) is 0.623. The molecule has 2 heterocycles. The summed E-state index contributed by atoms with van der Waals surface area (Å²) in [4.78, 5) is 26.9. The minimum atomic E-state index is -0.0455. The Balaban J connectivity index is 1.51. The van der Waals surface area contributed by atoms with Crippen molar-refractivity contribution < 1.29 is 14.3 Å². The number of benzene rings is 1. The van der Waals surface area contributed by atoms with Crippen LogP contribution in [0, 0.1) is 0 Å². The number of carbonyl (C=O) groups is 2. The SMILES string of the molecule is O=C1CCC(=O)N1CCN1CCCC(Oc2ccccc2Cl)C1. The van der Waals surface area contributed by atoms with Crippen molar-refractivity contribution in [1.82, 2.24) is 9.80 Å². The molecule has 0 saturated carbocycles. The number of amides is 2. The molecule has 2 aliphatic rings. The second-order valence-electron chi connectivity index (χ2n) is 6.05. The zero-order valence-corrected chi connectivity index (χ0v) is 13.8. The number of piperidine rings is 1. The maximum Gasteiger partial charge on any atom is 0.229 e. The number of hydrogen-bond donors (Lipinski definition) is 0. The summed E-state index contributed by atoms with van der Waals surface area (Å²) in [6.07, 6.45) is 2.84. The van der Waals surface area contributed by atoms with Gasteiger partial charge >= 0.3 is 0 Å². The Kier molecular flexibility index (Phi) is 5.18. The summed E-state index contributed by atoms with van der Waals surface area (Å²) >= 11 is 6.14. The van der Waals surface area contributed by atoms with Crippen LogP contribution in [-0.4, -0.2) is 53.9 Å². The molecule has 5 nitrogen and oxygen atoms in total. The highest BCUT2D eigenvalue weighted by Crippen LogP contribution is 2.26. The summed E-state index contributed by atoms with van der Waals surface area (Å²) in [5.41, 5.74) is 0. The van der Waals surface area contributed by atoms with E-state index in [1.165, 1.54) is 4.90 Å². The van der Waals surface area contributed by atoms with Gasteiger partial charge in [-0.25, -0.2) is 0 Å². The van der Waals surface area contributed by atoms with Crippen molar-refractivity contribution in [3.05, 3.63) is 29.3 Å². The quantitative estimate of drug-likeness (QED) is 0.774. The van der Waals surface area contributed by atoms with Gasteiger partial charge in [-0.2, -0.15) is 0 Å². The predicted molar refractivity (Wildman–Crippen MR) is 87.5 cm³/mol. The molecule has 0 aliphatic carbocycles. The number of hydrogen-bond acceptors (Lipinski definition) is 4. The lowest BCUT2D eigenvalue weighted by atomic mass is 10.1. The van der Waals surface area contributed by atoms with Gasteiger partial charge in [0.25, 0.3) is 0 Å². The van der Waals surface area contributed by atoms with Crippen LogP contribution in [0.1, 0.15) is 25.7 Å². The van der Waals surface area contributed by atoms with Gasteiger partial charge in [0, 0.05) is 32.5 Å². The average Bonchev–Trinajstić information content (AvgIpc) is 2.87. The molecule has 2 fully saturated rings. The molecule has 2 saturated heterocycles. The lowest BCUT2D eigenvalue weighted by molar-refractivity contribution is -0.138. The lowest BCUT2D eigenvalue weighted by Crippen LogP contribution is -2.45. The van der Waals surface area contributed by atoms with E-state index in [0.29, 0.717) is 36.7 Å². The maximum atomic E-state index is 11.6. The van der Waals surface area contributed by atoms with Crippen LogP contribution in [0.2, 0.25) is 5.02 Å². The molecule has 1 aromatic rings. The van der Waals surface area contributed by atoms with Gasteiger partial charge in [0.2, 0.25) is 11.8 Å². The van der Waals surface area contributed by atoms with Crippen molar-refractivity contribution in [1.29, 1.82) is 0 Å². The van der Waals surface area contributed by atoms with E-state index in [9.17, 15) is 9.59 Å². The van der Waals surface area contributed by atoms with Crippen molar-refractivity contribution in [3.63, 3.8) is 0 Å². The maximum absolute atomic E-state index is 11.6. The van der Waals surface area contributed by atoms with E-state index in [-0.39, 0.29) is 17.9 Å². The lowest BCUT2D eigenvalue weighted by Gasteiger charge is -2.33. The molecule has 0 aromatic heterocycles. The minimum absolute atomic E-state index is 0.0455. The Morgan fingerprint density at radius 3 is 2.61 bits per heavy atom. The number of para-hydroxylation sites is 1. The molecule has 6 heteroatoms. The van der Waals surface area contributed by atoms with Crippen molar-refractivity contribution in [2.24, 2.45) is 0 Å². The first-order valence-electron chi connectivity index (χ1n) is 8.10. The molecular weight excluding hydrogens is 316 g/mol. The summed E-state index contributed by atoms with van der Waals surface area (Å²) in [6, 6.07) is 7.49. The Morgan fingerprint density at radius 1 is 1.13 bits per heavy atom. The van der Waals surface area contributed by atoms with Gasteiger partial charge < -0.3 is 4.74 Å². The molecule has 23 heavy (non-hydrogen) atoms. The fourth-order valence-electron chi connectivity index (χ4n) is 3.15. The topological polar surface area (TPSA) is 49.9 Å². The molecule has 0 bridgehead atoms. The monoisotopic (exact) mass is 336 g/mol. The van der Waals surface area contributed by atoms with E-state index < -0.39 is 0 Å². The second-order valence-corrected chi connectivity index (χ2v) is 6.46. The van der Waals surface area contributed by atoms with E-state index >= 15 is 0 Å². The number of ether oxygens (including phenoxy) is 1. The number of halogens is 1. The smallest absolute Gasteiger partial charge is 0.229 e. The molecule has 0 spiro atoms. The fraction of sp³-hybridized carbons (Fsp3) is 0.529. The van der Waals surface area contributed by atoms with Gasteiger partial charge in [-0.3, -0.25) is 19.4 Å². The standard InChI is InChI=1S/C17H21ClN2O3/c18-14-5-1-2-6-15(14)23-13-4-3-9-19(12-13)10-11-20-16(21)7-8-17(20)22/h1-2,5-6,13H,3-4,7-12H2. The first-order valence-corrected chi connectivity index (χ1v) is 8.48. The molecule has 3 rings (SSSR count). The van der Waals surface area contributed by atoms with Crippen LogP contribution >= 0.6 is 11.6 Å². The molecule has 124 valence electrons. The summed E-state index contributed by atoms with van der Waals surface area (Å²) in [5, 5.41) is 0.623. The van der Waals surface area contributed by atoms with E-state index in [2.05, 4.69) is 4.90 Å². The van der Waals surface area contributed by atoms with Crippen molar-refractivity contribution in [2.45, 2.75) is 31.8 Å². The second kappa shape index (κ2) is 7.32. The molecule has 1 atom stereocenters. The third-order valence-corrected chi connectivity index (χ3v) is 4.70. The van der Waals surface area contributed by atoms with Crippen LogP contribution in [0.15, 0.2) is 24.3 Å². The predicted octanol–water partition coefficient (Wildman–Crippen LogP) is 2.33. The number of likely N-dealkylation sites (tertiary alicyclic amines) is 2. The largest absolute Gasteiger partial charge is 0.488 e. The number of carbonyl (C=O) groups excluding carboxylic acids is 2.